The van der Waals surface area contributed by atoms with Crippen molar-refractivity contribution in [3.8, 4) is 11.6 Å². The Hall–Kier alpha value is -1.91. The minimum atomic E-state index is 0.415. The lowest BCUT2D eigenvalue weighted by molar-refractivity contribution is 0.252. The highest BCUT2D eigenvalue weighted by atomic mass is 16.5. The lowest BCUT2D eigenvalue weighted by atomic mass is 9.77. The summed E-state index contributed by atoms with van der Waals surface area (Å²) in [6.45, 7) is 4.62. The molecule has 0 unspecified atom stereocenters. The molecule has 3 rings (SSSR count). The fourth-order valence-corrected chi connectivity index (χ4v) is 3.12. The van der Waals surface area contributed by atoms with Gasteiger partial charge < -0.3 is 10.3 Å². The van der Waals surface area contributed by atoms with E-state index in [0.717, 1.165) is 30.5 Å². The molecular formula is C16H22N4O. The van der Waals surface area contributed by atoms with E-state index >= 15 is 0 Å². The molecule has 0 atom stereocenters. The summed E-state index contributed by atoms with van der Waals surface area (Å²) in [6, 6.07) is 5.42. The average molecular weight is 286 g/mol. The van der Waals surface area contributed by atoms with Crippen LogP contribution in [0.5, 0.6) is 0 Å². The van der Waals surface area contributed by atoms with E-state index in [0.29, 0.717) is 23.3 Å². The Morgan fingerprint density at radius 1 is 1.14 bits per heavy atom. The van der Waals surface area contributed by atoms with Gasteiger partial charge in [0.15, 0.2) is 5.82 Å². The number of hydrogen-bond acceptors (Lipinski definition) is 5. The molecule has 1 saturated carbocycles. The van der Waals surface area contributed by atoms with Crippen LogP contribution in [0.2, 0.25) is 0 Å². The van der Waals surface area contributed by atoms with Crippen molar-refractivity contribution in [2.75, 3.05) is 5.73 Å². The molecule has 1 fully saturated rings. The van der Waals surface area contributed by atoms with E-state index in [2.05, 4.69) is 29.0 Å². The number of nitrogens with zero attached hydrogens (tertiary/aromatic N) is 3. The van der Waals surface area contributed by atoms with Crippen molar-refractivity contribution in [3.63, 3.8) is 0 Å². The number of hydrogen-bond donors (Lipinski definition) is 1. The SMILES string of the molecule is CC(C)C1CCC(c2noc(-c3cccc(N)n3)n2)CC1. The summed E-state index contributed by atoms with van der Waals surface area (Å²) in [5.41, 5.74) is 6.33. The van der Waals surface area contributed by atoms with Crippen LogP contribution in [0.15, 0.2) is 22.7 Å². The second-order valence-corrected chi connectivity index (χ2v) is 6.26. The third-order valence-electron chi connectivity index (χ3n) is 4.51. The van der Waals surface area contributed by atoms with Gasteiger partial charge in [0.25, 0.3) is 5.89 Å². The van der Waals surface area contributed by atoms with Crippen LogP contribution in [-0.4, -0.2) is 15.1 Å². The van der Waals surface area contributed by atoms with Crippen molar-refractivity contribution in [2.45, 2.75) is 45.4 Å². The van der Waals surface area contributed by atoms with Gasteiger partial charge in [-0.05, 0) is 49.7 Å². The molecule has 112 valence electrons. The van der Waals surface area contributed by atoms with Crippen LogP contribution in [0.3, 0.4) is 0 Å². The van der Waals surface area contributed by atoms with Crippen LogP contribution in [0.1, 0.15) is 51.3 Å². The molecule has 0 amide bonds. The van der Waals surface area contributed by atoms with Crippen molar-refractivity contribution in [3.05, 3.63) is 24.0 Å². The molecule has 2 heterocycles. The molecule has 0 aliphatic heterocycles. The van der Waals surface area contributed by atoms with Crippen LogP contribution in [-0.2, 0) is 0 Å². The van der Waals surface area contributed by atoms with Gasteiger partial charge in [0.05, 0.1) is 0 Å². The van der Waals surface area contributed by atoms with Crippen LogP contribution in [0, 0.1) is 11.8 Å². The van der Waals surface area contributed by atoms with Crippen molar-refractivity contribution in [1.82, 2.24) is 15.1 Å². The molecule has 1 aliphatic rings. The van der Waals surface area contributed by atoms with E-state index in [1.54, 1.807) is 6.07 Å². The third-order valence-corrected chi connectivity index (χ3v) is 4.51. The van der Waals surface area contributed by atoms with Gasteiger partial charge >= 0.3 is 0 Å². The Bertz CT molecular complexity index is 600. The van der Waals surface area contributed by atoms with E-state index in [1.807, 2.05) is 12.1 Å². The number of anilines is 1. The second-order valence-electron chi connectivity index (χ2n) is 6.26. The second kappa shape index (κ2) is 5.84. The number of aromatic nitrogens is 3. The van der Waals surface area contributed by atoms with Crippen molar-refractivity contribution < 1.29 is 4.52 Å². The molecule has 5 heteroatoms. The minimum Gasteiger partial charge on any atom is -0.384 e. The first kappa shape index (κ1) is 14.0. The molecule has 1 aliphatic carbocycles. The summed E-state index contributed by atoms with van der Waals surface area (Å²) in [5, 5.41) is 4.15. The lowest BCUT2D eigenvalue weighted by Crippen LogP contribution is -2.18. The molecule has 0 radical (unpaired) electrons. The van der Waals surface area contributed by atoms with E-state index in [4.69, 9.17) is 10.3 Å². The first-order valence-electron chi connectivity index (χ1n) is 7.70. The van der Waals surface area contributed by atoms with Crippen molar-refractivity contribution in [2.24, 2.45) is 11.8 Å². The smallest absolute Gasteiger partial charge is 0.276 e. The molecule has 0 aromatic carbocycles. The summed E-state index contributed by atoms with van der Waals surface area (Å²) in [6.07, 6.45) is 4.80. The van der Waals surface area contributed by atoms with Gasteiger partial charge in [0, 0.05) is 5.92 Å². The number of pyridine rings is 1. The van der Waals surface area contributed by atoms with Crippen molar-refractivity contribution in [1.29, 1.82) is 0 Å². The molecule has 0 saturated heterocycles. The third kappa shape index (κ3) is 3.06. The highest BCUT2D eigenvalue weighted by molar-refractivity contribution is 5.50. The topological polar surface area (TPSA) is 77.8 Å². The molecule has 2 aromatic rings. The van der Waals surface area contributed by atoms with Crippen LogP contribution >= 0.6 is 0 Å². The van der Waals surface area contributed by atoms with E-state index in [9.17, 15) is 0 Å². The predicted molar refractivity (Wildman–Crippen MR) is 81.5 cm³/mol. The predicted octanol–water partition coefficient (Wildman–Crippen LogP) is 3.64. The fraction of sp³-hybridized carbons (Fsp3) is 0.562. The average Bonchev–Trinajstić information content (AvgIpc) is 2.97. The monoisotopic (exact) mass is 286 g/mol. The molecule has 0 bridgehead atoms. The Labute approximate surface area is 125 Å². The Balaban J connectivity index is 1.71. The Kier molecular flexibility index (Phi) is 3.90. The summed E-state index contributed by atoms with van der Waals surface area (Å²) in [7, 11) is 0. The van der Waals surface area contributed by atoms with Crippen LogP contribution in [0.25, 0.3) is 11.6 Å². The maximum atomic E-state index is 5.69. The van der Waals surface area contributed by atoms with Crippen LogP contribution < -0.4 is 5.73 Å². The molecule has 0 spiro atoms. The highest BCUT2D eigenvalue weighted by Gasteiger charge is 2.27. The summed E-state index contributed by atoms with van der Waals surface area (Å²) in [4.78, 5) is 8.74. The zero-order valence-electron chi connectivity index (χ0n) is 12.6. The first-order chi connectivity index (χ1) is 10.1. The van der Waals surface area contributed by atoms with E-state index in [-0.39, 0.29) is 0 Å². The summed E-state index contributed by atoms with van der Waals surface area (Å²) < 4.78 is 5.35. The zero-order valence-corrected chi connectivity index (χ0v) is 12.6. The standard InChI is InChI=1S/C16H22N4O/c1-10(2)11-6-8-12(9-7-11)15-19-16(21-20-15)13-4-3-5-14(17)18-13/h3-5,10-12H,6-9H2,1-2H3,(H2,17,18). The molecule has 21 heavy (non-hydrogen) atoms. The normalized spacial score (nSPS) is 22.6. The largest absolute Gasteiger partial charge is 0.384 e. The minimum absolute atomic E-state index is 0.415. The van der Waals surface area contributed by atoms with E-state index < -0.39 is 0 Å². The molecule has 5 nitrogen and oxygen atoms in total. The number of nitrogen functional groups attached to an aromatic ring is 1. The van der Waals surface area contributed by atoms with Gasteiger partial charge in [-0.15, -0.1) is 0 Å². The summed E-state index contributed by atoms with van der Waals surface area (Å²) in [5.74, 6) is 3.76. The summed E-state index contributed by atoms with van der Waals surface area (Å²) >= 11 is 0. The number of nitrogens with two attached hydrogens (primary N) is 1. The zero-order chi connectivity index (χ0) is 14.8. The van der Waals surface area contributed by atoms with Crippen molar-refractivity contribution >= 4 is 5.82 Å². The van der Waals surface area contributed by atoms with Gasteiger partial charge in [0.2, 0.25) is 0 Å². The quantitative estimate of drug-likeness (QED) is 0.932. The van der Waals surface area contributed by atoms with E-state index in [1.165, 1.54) is 12.8 Å². The highest BCUT2D eigenvalue weighted by Crippen LogP contribution is 2.37. The Morgan fingerprint density at radius 3 is 2.57 bits per heavy atom. The molecule has 2 aromatic heterocycles. The maximum Gasteiger partial charge on any atom is 0.276 e. The first-order valence-corrected chi connectivity index (χ1v) is 7.70. The Morgan fingerprint density at radius 2 is 1.90 bits per heavy atom. The number of rotatable bonds is 3. The maximum absolute atomic E-state index is 5.69. The molecular weight excluding hydrogens is 264 g/mol. The van der Waals surface area contributed by atoms with Gasteiger partial charge in [-0.3, -0.25) is 0 Å². The lowest BCUT2D eigenvalue weighted by Gasteiger charge is -2.29. The van der Waals surface area contributed by atoms with Crippen LogP contribution in [0.4, 0.5) is 5.82 Å². The van der Waals surface area contributed by atoms with Gasteiger partial charge in [-0.2, -0.15) is 4.98 Å². The van der Waals surface area contributed by atoms with Gasteiger partial charge in [-0.1, -0.05) is 25.1 Å². The van der Waals surface area contributed by atoms with Gasteiger partial charge in [-0.25, -0.2) is 4.98 Å². The van der Waals surface area contributed by atoms with Gasteiger partial charge in [0.1, 0.15) is 11.5 Å². The fourth-order valence-electron chi connectivity index (χ4n) is 3.12. The molecule has 2 N–H and O–H groups in total.